The van der Waals surface area contributed by atoms with Gasteiger partial charge in [0.1, 0.15) is 10.7 Å². The first-order chi connectivity index (χ1) is 9.15. The molecule has 0 aliphatic carbocycles. The van der Waals surface area contributed by atoms with Crippen LogP contribution in [0.1, 0.15) is 27.9 Å². The van der Waals surface area contributed by atoms with Crippen molar-refractivity contribution in [1.82, 2.24) is 9.59 Å². The minimum absolute atomic E-state index is 0.0273. The number of nitrogens with zero attached hydrogens (tertiary/aromatic N) is 3. The number of rotatable bonds is 3. The van der Waals surface area contributed by atoms with Crippen molar-refractivity contribution in [2.24, 2.45) is 0 Å². The first kappa shape index (κ1) is 13.1. The number of halogens is 1. The summed E-state index contributed by atoms with van der Waals surface area (Å²) in [5.74, 6) is -1.10. The highest BCUT2D eigenvalue weighted by atomic mass is 32.1. The van der Waals surface area contributed by atoms with Crippen LogP contribution in [0.4, 0.5) is 10.1 Å². The van der Waals surface area contributed by atoms with E-state index >= 15 is 0 Å². The SMILES string of the molecule is CCc1nnsc1C(=O)Nc1ccc(C#N)cc1F. The number of carbonyl (C=O) groups is 1. The molecular formula is C12H9FN4OS. The van der Waals surface area contributed by atoms with Gasteiger partial charge >= 0.3 is 0 Å². The van der Waals surface area contributed by atoms with Crippen molar-refractivity contribution in [3.8, 4) is 6.07 Å². The molecule has 0 spiro atoms. The van der Waals surface area contributed by atoms with Crippen LogP contribution < -0.4 is 5.32 Å². The van der Waals surface area contributed by atoms with Gasteiger partial charge in [-0.05, 0) is 36.2 Å². The number of nitriles is 1. The lowest BCUT2D eigenvalue weighted by Gasteiger charge is -2.05. The van der Waals surface area contributed by atoms with Crippen LogP contribution in [-0.2, 0) is 6.42 Å². The van der Waals surface area contributed by atoms with Crippen molar-refractivity contribution in [2.75, 3.05) is 5.32 Å². The zero-order valence-electron chi connectivity index (χ0n) is 9.98. The third kappa shape index (κ3) is 2.74. The maximum Gasteiger partial charge on any atom is 0.269 e. The minimum atomic E-state index is -0.650. The van der Waals surface area contributed by atoms with Gasteiger partial charge < -0.3 is 5.32 Å². The molecule has 0 saturated heterocycles. The molecule has 0 aliphatic rings. The van der Waals surface area contributed by atoms with E-state index in [1.165, 1.54) is 12.1 Å². The Hall–Kier alpha value is -2.33. The summed E-state index contributed by atoms with van der Waals surface area (Å²) >= 11 is 0.967. The molecule has 2 rings (SSSR count). The number of hydrogen-bond donors (Lipinski definition) is 1. The molecule has 2 aromatic rings. The number of anilines is 1. The Balaban J connectivity index is 2.22. The van der Waals surface area contributed by atoms with Gasteiger partial charge in [-0.3, -0.25) is 4.79 Å². The Morgan fingerprint density at radius 1 is 1.58 bits per heavy atom. The molecule has 0 atom stereocenters. The summed E-state index contributed by atoms with van der Waals surface area (Å²) in [6.07, 6.45) is 0.578. The number of amides is 1. The van der Waals surface area contributed by atoms with Gasteiger partial charge in [0, 0.05) is 0 Å². The van der Waals surface area contributed by atoms with Crippen LogP contribution in [0.5, 0.6) is 0 Å². The molecule has 0 fully saturated rings. The summed E-state index contributed by atoms with van der Waals surface area (Å²) < 4.78 is 17.3. The Labute approximate surface area is 112 Å². The zero-order chi connectivity index (χ0) is 13.8. The van der Waals surface area contributed by atoms with E-state index in [0.29, 0.717) is 17.0 Å². The van der Waals surface area contributed by atoms with E-state index in [4.69, 9.17) is 5.26 Å². The molecule has 19 heavy (non-hydrogen) atoms. The molecule has 1 heterocycles. The topological polar surface area (TPSA) is 78.7 Å². The first-order valence-corrected chi connectivity index (χ1v) is 6.25. The van der Waals surface area contributed by atoms with E-state index in [0.717, 1.165) is 17.6 Å². The lowest BCUT2D eigenvalue weighted by Crippen LogP contribution is -2.13. The predicted molar refractivity (Wildman–Crippen MR) is 68.4 cm³/mol. The highest BCUT2D eigenvalue weighted by Gasteiger charge is 2.16. The molecule has 5 nitrogen and oxygen atoms in total. The molecule has 1 aromatic heterocycles. The van der Waals surface area contributed by atoms with Gasteiger partial charge in [-0.15, -0.1) is 5.10 Å². The average molecular weight is 276 g/mol. The fourth-order valence-corrected chi connectivity index (χ4v) is 2.12. The maximum absolute atomic E-state index is 13.6. The number of aromatic nitrogens is 2. The Bertz CT molecular complexity index is 662. The summed E-state index contributed by atoms with van der Waals surface area (Å²) in [4.78, 5) is 12.3. The quantitative estimate of drug-likeness (QED) is 0.933. The molecule has 0 aliphatic heterocycles. The summed E-state index contributed by atoms with van der Waals surface area (Å²) in [5, 5.41) is 14.9. The second-order valence-electron chi connectivity index (χ2n) is 3.66. The molecular weight excluding hydrogens is 267 g/mol. The smallest absolute Gasteiger partial charge is 0.269 e. The third-order valence-corrected chi connectivity index (χ3v) is 3.21. The molecule has 0 saturated carbocycles. The van der Waals surface area contributed by atoms with Crippen LogP contribution in [0.2, 0.25) is 0 Å². The maximum atomic E-state index is 13.6. The van der Waals surface area contributed by atoms with Crippen molar-refractivity contribution in [2.45, 2.75) is 13.3 Å². The van der Waals surface area contributed by atoms with Gasteiger partial charge in [0.05, 0.1) is 23.0 Å². The van der Waals surface area contributed by atoms with E-state index in [9.17, 15) is 9.18 Å². The number of nitrogens with one attached hydrogen (secondary N) is 1. The summed E-state index contributed by atoms with van der Waals surface area (Å²) in [7, 11) is 0. The molecule has 1 N–H and O–H groups in total. The Morgan fingerprint density at radius 3 is 3.00 bits per heavy atom. The highest BCUT2D eigenvalue weighted by Crippen LogP contribution is 2.18. The molecule has 1 amide bonds. The van der Waals surface area contributed by atoms with Crippen molar-refractivity contribution in [1.29, 1.82) is 5.26 Å². The van der Waals surface area contributed by atoms with E-state index in [1.54, 1.807) is 0 Å². The molecule has 0 unspecified atom stereocenters. The van der Waals surface area contributed by atoms with Crippen LogP contribution in [0.15, 0.2) is 18.2 Å². The van der Waals surface area contributed by atoms with E-state index in [2.05, 4.69) is 14.9 Å². The second-order valence-corrected chi connectivity index (χ2v) is 4.42. The number of aryl methyl sites for hydroxylation is 1. The zero-order valence-corrected chi connectivity index (χ0v) is 10.8. The lowest BCUT2D eigenvalue weighted by molar-refractivity contribution is 0.102. The van der Waals surface area contributed by atoms with Gasteiger partial charge in [-0.1, -0.05) is 11.4 Å². The van der Waals surface area contributed by atoms with Gasteiger partial charge in [0.2, 0.25) is 0 Å². The van der Waals surface area contributed by atoms with Gasteiger partial charge in [-0.25, -0.2) is 4.39 Å². The highest BCUT2D eigenvalue weighted by molar-refractivity contribution is 7.08. The van der Waals surface area contributed by atoms with Gasteiger partial charge in [0.25, 0.3) is 5.91 Å². The molecule has 0 bridgehead atoms. The van der Waals surface area contributed by atoms with E-state index in [-0.39, 0.29) is 11.3 Å². The van der Waals surface area contributed by atoms with Crippen LogP contribution in [-0.4, -0.2) is 15.5 Å². The summed E-state index contributed by atoms with van der Waals surface area (Å²) in [5.41, 5.74) is 0.806. The first-order valence-electron chi connectivity index (χ1n) is 5.48. The van der Waals surface area contributed by atoms with Crippen molar-refractivity contribution >= 4 is 23.1 Å². The predicted octanol–water partition coefficient (Wildman–Crippen LogP) is 2.36. The monoisotopic (exact) mass is 276 g/mol. The lowest BCUT2D eigenvalue weighted by atomic mass is 10.2. The largest absolute Gasteiger partial charge is 0.319 e. The standard InChI is InChI=1S/C12H9FN4OS/c1-2-9-11(19-17-16-9)12(18)15-10-4-3-7(6-14)5-8(10)13/h3-5H,2H2,1H3,(H,15,18). The van der Waals surface area contributed by atoms with E-state index < -0.39 is 11.7 Å². The van der Waals surface area contributed by atoms with Gasteiger partial charge in [-0.2, -0.15) is 5.26 Å². The molecule has 1 aromatic carbocycles. The second kappa shape index (κ2) is 5.54. The molecule has 7 heteroatoms. The van der Waals surface area contributed by atoms with Crippen molar-refractivity contribution in [3.63, 3.8) is 0 Å². The Kier molecular flexibility index (Phi) is 3.82. The fraction of sp³-hybridized carbons (Fsp3) is 0.167. The molecule has 96 valence electrons. The third-order valence-electron chi connectivity index (χ3n) is 2.44. The van der Waals surface area contributed by atoms with Gasteiger partial charge in [0.15, 0.2) is 0 Å². The number of hydrogen-bond acceptors (Lipinski definition) is 5. The normalized spacial score (nSPS) is 9.95. The average Bonchev–Trinajstić information content (AvgIpc) is 2.89. The molecule has 0 radical (unpaired) electrons. The summed E-state index contributed by atoms with van der Waals surface area (Å²) in [6, 6.07) is 5.68. The van der Waals surface area contributed by atoms with Crippen molar-refractivity contribution in [3.05, 3.63) is 40.2 Å². The van der Waals surface area contributed by atoms with Crippen LogP contribution in [0, 0.1) is 17.1 Å². The van der Waals surface area contributed by atoms with Crippen LogP contribution >= 0.6 is 11.5 Å². The van der Waals surface area contributed by atoms with Crippen molar-refractivity contribution < 1.29 is 9.18 Å². The van der Waals surface area contributed by atoms with E-state index in [1.807, 2.05) is 13.0 Å². The number of benzene rings is 1. The van der Waals surface area contributed by atoms with Crippen LogP contribution in [0.3, 0.4) is 0 Å². The minimum Gasteiger partial charge on any atom is -0.319 e. The van der Waals surface area contributed by atoms with Crippen LogP contribution in [0.25, 0.3) is 0 Å². The Morgan fingerprint density at radius 2 is 2.37 bits per heavy atom. The number of carbonyl (C=O) groups excluding carboxylic acids is 1. The fourth-order valence-electron chi connectivity index (χ4n) is 1.48. The summed E-state index contributed by atoms with van der Waals surface area (Å²) in [6.45, 7) is 1.86.